The molecule has 0 aromatic heterocycles. The van der Waals surface area contributed by atoms with E-state index < -0.39 is 6.10 Å². The van der Waals surface area contributed by atoms with Gasteiger partial charge in [0.05, 0.1) is 6.10 Å². The molecule has 2 atom stereocenters. The molecule has 0 bridgehead atoms. The molecule has 0 spiro atoms. The van der Waals surface area contributed by atoms with E-state index in [4.69, 9.17) is 4.74 Å². The van der Waals surface area contributed by atoms with Gasteiger partial charge in [0, 0.05) is 7.11 Å². The van der Waals surface area contributed by atoms with Crippen LogP contribution < -0.4 is 0 Å². The summed E-state index contributed by atoms with van der Waals surface area (Å²) in [5.74, 6) is 0. The van der Waals surface area contributed by atoms with Crippen LogP contribution in [0.3, 0.4) is 0 Å². The minimum absolute atomic E-state index is 0.114. The van der Waals surface area contributed by atoms with Crippen molar-refractivity contribution in [2.45, 2.75) is 45.3 Å². The highest BCUT2D eigenvalue weighted by atomic mass is 16.5. The maximum absolute atomic E-state index is 10.1. The van der Waals surface area contributed by atoms with E-state index in [2.05, 4.69) is 19.1 Å². The Kier molecular flexibility index (Phi) is 5.50. The molecule has 0 fully saturated rings. The summed E-state index contributed by atoms with van der Waals surface area (Å²) in [6, 6.07) is 8.15. The van der Waals surface area contributed by atoms with Crippen LogP contribution in [0.4, 0.5) is 0 Å². The highest BCUT2D eigenvalue weighted by Crippen LogP contribution is 2.22. The molecule has 0 saturated heterocycles. The van der Waals surface area contributed by atoms with Crippen molar-refractivity contribution in [1.82, 2.24) is 0 Å². The Morgan fingerprint density at radius 3 is 2.62 bits per heavy atom. The van der Waals surface area contributed by atoms with Gasteiger partial charge in [-0.25, -0.2) is 0 Å². The van der Waals surface area contributed by atoms with Crippen molar-refractivity contribution < 1.29 is 9.84 Å². The summed E-state index contributed by atoms with van der Waals surface area (Å²) in [5.41, 5.74) is 2.24. The van der Waals surface area contributed by atoms with Crippen LogP contribution in [0.2, 0.25) is 0 Å². The van der Waals surface area contributed by atoms with Gasteiger partial charge in [0.2, 0.25) is 0 Å². The fourth-order valence-electron chi connectivity index (χ4n) is 1.95. The molecule has 1 aromatic rings. The normalized spacial score (nSPS) is 14.8. The van der Waals surface area contributed by atoms with Crippen LogP contribution in [0.5, 0.6) is 0 Å². The second-order valence-electron chi connectivity index (χ2n) is 4.12. The molecular formula is C14H22O2. The molecule has 1 aromatic carbocycles. The Morgan fingerprint density at radius 2 is 2.06 bits per heavy atom. The average molecular weight is 222 g/mol. The molecule has 0 radical (unpaired) electrons. The van der Waals surface area contributed by atoms with Crippen LogP contribution in [-0.4, -0.2) is 18.3 Å². The zero-order chi connectivity index (χ0) is 12.0. The number of rotatable bonds is 6. The lowest BCUT2D eigenvalue weighted by Crippen LogP contribution is -2.19. The molecule has 2 unspecified atom stereocenters. The van der Waals surface area contributed by atoms with Gasteiger partial charge in [-0.15, -0.1) is 0 Å². The number of hydrogen-bond donors (Lipinski definition) is 1. The van der Waals surface area contributed by atoms with E-state index in [1.807, 2.05) is 19.1 Å². The van der Waals surface area contributed by atoms with Crippen molar-refractivity contribution in [3.63, 3.8) is 0 Å². The van der Waals surface area contributed by atoms with Crippen LogP contribution >= 0.6 is 0 Å². The third kappa shape index (κ3) is 3.32. The quantitative estimate of drug-likeness (QED) is 0.801. The van der Waals surface area contributed by atoms with Crippen molar-refractivity contribution >= 4 is 0 Å². The highest BCUT2D eigenvalue weighted by Gasteiger charge is 2.18. The Morgan fingerprint density at radius 1 is 1.31 bits per heavy atom. The molecule has 0 aliphatic rings. The van der Waals surface area contributed by atoms with Gasteiger partial charge in [-0.3, -0.25) is 0 Å². The van der Waals surface area contributed by atoms with Crippen LogP contribution in [0.25, 0.3) is 0 Å². The van der Waals surface area contributed by atoms with Gasteiger partial charge in [0.15, 0.2) is 0 Å². The smallest absolute Gasteiger partial charge is 0.105 e. The first-order valence-electron chi connectivity index (χ1n) is 6.02. The highest BCUT2D eigenvalue weighted by molar-refractivity contribution is 5.26. The molecule has 2 nitrogen and oxygen atoms in total. The van der Waals surface area contributed by atoms with E-state index in [0.29, 0.717) is 0 Å². The predicted octanol–water partition coefficient (Wildman–Crippen LogP) is 3.10. The zero-order valence-electron chi connectivity index (χ0n) is 10.4. The summed E-state index contributed by atoms with van der Waals surface area (Å²) < 4.78 is 5.27. The molecule has 0 heterocycles. The zero-order valence-corrected chi connectivity index (χ0v) is 10.4. The summed E-state index contributed by atoms with van der Waals surface area (Å²) in [6.45, 7) is 4.18. The average Bonchev–Trinajstić information content (AvgIpc) is 2.31. The van der Waals surface area contributed by atoms with Crippen LogP contribution in [0.1, 0.15) is 43.9 Å². The first kappa shape index (κ1) is 13.2. The lowest BCUT2D eigenvalue weighted by atomic mass is 9.99. The van der Waals surface area contributed by atoms with E-state index in [9.17, 15) is 5.11 Å². The van der Waals surface area contributed by atoms with Crippen molar-refractivity contribution in [3.05, 3.63) is 35.4 Å². The van der Waals surface area contributed by atoms with Gasteiger partial charge >= 0.3 is 0 Å². The minimum atomic E-state index is -0.521. The third-order valence-electron chi connectivity index (χ3n) is 2.89. The van der Waals surface area contributed by atoms with Gasteiger partial charge in [0.25, 0.3) is 0 Å². The second kappa shape index (κ2) is 6.66. The van der Waals surface area contributed by atoms with Gasteiger partial charge in [0.1, 0.15) is 6.10 Å². The van der Waals surface area contributed by atoms with Crippen LogP contribution in [0.15, 0.2) is 24.3 Å². The van der Waals surface area contributed by atoms with Crippen molar-refractivity contribution in [3.8, 4) is 0 Å². The standard InChI is InChI=1S/C14H22O2/c1-4-7-11-8-6-9-12(10-11)14(15)13(5-2)16-3/h6,8-10,13-15H,4-5,7H2,1-3H3. The number of benzene rings is 1. The predicted molar refractivity (Wildman–Crippen MR) is 66.5 cm³/mol. The number of aliphatic hydroxyl groups excluding tert-OH is 1. The molecule has 2 heteroatoms. The van der Waals surface area contributed by atoms with E-state index in [0.717, 1.165) is 24.8 Å². The largest absolute Gasteiger partial charge is 0.386 e. The van der Waals surface area contributed by atoms with Gasteiger partial charge in [-0.2, -0.15) is 0 Å². The molecule has 0 saturated carbocycles. The van der Waals surface area contributed by atoms with Crippen molar-refractivity contribution in [1.29, 1.82) is 0 Å². The Hall–Kier alpha value is -0.860. The van der Waals surface area contributed by atoms with Crippen molar-refractivity contribution in [2.75, 3.05) is 7.11 Å². The molecule has 0 aliphatic carbocycles. The molecule has 0 aliphatic heterocycles. The number of aliphatic hydroxyl groups is 1. The van der Waals surface area contributed by atoms with E-state index in [1.165, 1.54) is 5.56 Å². The third-order valence-corrected chi connectivity index (χ3v) is 2.89. The minimum Gasteiger partial charge on any atom is -0.386 e. The second-order valence-corrected chi connectivity index (χ2v) is 4.12. The fourth-order valence-corrected chi connectivity index (χ4v) is 1.95. The van der Waals surface area contributed by atoms with Crippen LogP contribution in [0, 0.1) is 0 Å². The topological polar surface area (TPSA) is 29.5 Å². The Bertz CT molecular complexity index is 305. The molecule has 16 heavy (non-hydrogen) atoms. The molecule has 0 amide bonds. The van der Waals surface area contributed by atoms with Gasteiger partial charge in [-0.1, -0.05) is 44.5 Å². The number of aryl methyl sites for hydroxylation is 1. The summed E-state index contributed by atoms with van der Waals surface area (Å²) in [7, 11) is 1.65. The summed E-state index contributed by atoms with van der Waals surface area (Å²) in [4.78, 5) is 0. The first-order chi connectivity index (χ1) is 7.72. The summed E-state index contributed by atoms with van der Waals surface area (Å²) in [5, 5.41) is 10.1. The molecule has 1 N–H and O–H groups in total. The van der Waals surface area contributed by atoms with E-state index in [-0.39, 0.29) is 6.10 Å². The number of ether oxygens (including phenoxy) is 1. The maximum Gasteiger partial charge on any atom is 0.105 e. The van der Waals surface area contributed by atoms with E-state index >= 15 is 0 Å². The lowest BCUT2D eigenvalue weighted by Gasteiger charge is -2.20. The van der Waals surface area contributed by atoms with E-state index in [1.54, 1.807) is 7.11 Å². The maximum atomic E-state index is 10.1. The molecular weight excluding hydrogens is 200 g/mol. The first-order valence-corrected chi connectivity index (χ1v) is 6.02. The van der Waals surface area contributed by atoms with Gasteiger partial charge < -0.3 is 9.84 Å². The monoisotopic (exact) mass is 222 g/mol. The fraction of sp³-hybridized carbons (Fsp3) is 0.571. The SMILES string of the molecule is CCCc1cccc(C(O)C(CC)OC)c1. The lowest BCUT2D eigenvalue weighted by molar-refractivity contribution is -0.0149. The van der Waals surface area contributed by atoms with Crippen molar-refractivity contribution in [2.24, 2.45) is 0 Å². The number of methoxy groups -OCH3 is 1. The summed E-state index contributed by atoms with van der Waals surface area (Å²) >= 11 is 0. The number of hydrogen-bond acceptors (Lipinski definition) is 2. The van der Waals surface area contributed by atoms with Crippen LogP contribution in [-0.2, 0) is 11.2 Å². The molecule has 1 rings (SSSR count). The van der Waals surface area contributed by atoms with Gasteiger partial charge in [-0.05, 0) is 24.0 Å². The molecule has 90 valence electrons. The summed E-state index contributed by atoms with van der Waals surface area (Å²) in [6.07, 6.45) is 2.37. The Labute approximate surface area is 98.3 Å². The Balaban J connectivity index is 2.81.